The number of hydrogen-bond acceptors (Lipinski definition) is 5. The van der Waals surface area contributed by atoms with Crippen LogP contribution in [0.4, 0.5) is 0 Å². The van der Waals surface area contributed by atoms with Crippen molar-refractivity contribution in [2.75, 3.05) is 26.2 Å². The Morgan fingerprint density at radius 1 is 1.54 bits per heavy atom. The number of carbonyl (C=O) groups is 1. The van der Waals surface area contributed by atoms with Gasteiger partial charge in [-0.2, -0.15) is 0 Å². The molecule has 1 aliphatic heterocycles. The van der Waals surface area contributed by atoms with E-state index in [2.05, 4.69) is 20.3 Å². The van der Waals surface area contributed by atoms with Gasteiger partial charge in [0.25, 0.3) is 5.91 Å². The van der Waals surface area contributed by atoms with Crippen LogP contribution in [0.25, 0.3) is 0 Å². The van der Waals surface area contributed by atoms with Gasteiger partial charge >= 0.3 is 0 Å². The highest BCUT2D eigenvalue weighted by Gasteiger charge is 2.20. The van der Waals surface area contributed by atoms with Crippen molar-refractivity contribution in [1.29, 1.82) is 0 Å². The van der Waals surface area contributed by atoms with Gasteiger partial charge in [0.15, 0.2) is 5.69 Å². The smallest absolute Gasteiger partial charge is 0.277 e. The van der Waals surface area contributed by atoms with E-state index in [1.54, 1.807) is 4.90 Å². The molecule has 70 valence electrons. The Bertz CT molecular complexity index is 279. The van der Waals surface area contributed by atoms with Gasteiger partial charge in [0.2, 0.25) is 0 Å². The lowest BCUT2D eigenvalue weighted by atomic mass is 10.3. The Kier molecular flexibility index (Phi) is 2.22. The molecule has 1 fully saturated rings. The van der Waals surface area contributed by atoms with Crippen molar-refractivity contribution in [3.63, 3.8) is 0 Å². The first kappa shape index (κ1) is 8.18. The third kappa shape index (κ3) is 1.67. The van der Waals surface area contributed by atoms with Crippen molar-refractivity contribution >= 4 is 5.91 Å². The average molecular weight is 182 g/mol. The van der Waals surface area contributed by atoms with Gasteiger partial charge in [0.05, 0.1) is 0 Å². The molecule has 0 saturated carbocycles. The lowest BCUT2D eigenvalue weighted by molar-refractivity contribution is 0.0724. The van der Waals surface area contributed by atoms with E-state index in [1.165, 1.54) is 6.20 Å². The van der Waals surface area contributed by atoms with E-state index in [0.717, 1.165) is 13.1 Å². The highest BCUT2D eigenvalue weighted by molar-refractivity contribution is 5.91. The summed E-state index contributed by atoms with van der Waals surface area (Å²) in [5, 5.41) is 10.0. The molecule has 0 unspecified atom stereocenters. The number of hydrogen-bond donors (Lipinski definition) is 1. The molecule has 0 radical (unpaired) electrons. The molecular weight excluding hydrogens is 172 g/mol. The number of nitrogens with one attached hydrogen (secondary N) is 1. The minimum absolute atomic E-state index is 0.109. The first-order chi connectivity index (χ1) is 6.38. The molecule has 13 heavy (non-hydrogen) atoms. The Balaban J connectivity index is 2.04. The van der Waals surface area contributed by atoms with Crippen LogP contribution in [0.15, 0.2) is 10.8 Å². The molecule has 1 N–H and O–H groups in total. The second kappa shape index (κ2) is 3.53. The summed E-state index contributed by atoms with van der Waals surface area (Å²) < 4.78 is 4.36. The first-order valence-electron chi connectivity index (χ1n) is 4.15. The van der Waals surface area contributed by atoms with Crippen LogP contribution in [-0.4, -0.2) is 47.3 Å². The number of aromatic nitrogens is 2. The predicted octanol–water partition coefficient (Wildman–Crippen LogP) is -0.885. The van der Waals surface area contributed by atoms with E-state index in [-0.39, 0.29) is 11.6 Å². The van der Waals surface area contributed by atoms with E-state index in [1.807, 2.05) is 0 Å². The zero-order valence-corrected chi connectivity index (χ0v) is 7.06. The molecule has 1 amide bonds. The summed E-state index contributed by atoms with van der Waals surface area (Å²) in [6.45, 7) is 3.09. The molecule has 6 heteroatoms. The molecule has 2 rings (SSSR count). The average Bonchev–Trinajstić information content (AvgIpc) is 2.71. The van der Waals surface area contributed by atoms with Crippen molar-refractivity contribution in [3.8, 4) is 0 Å². The van der Waals surface area contributed by atoms with Gasteiger partial charge in [-0.25, -0.2) is 4.63 Å². The second-order valence-electron chi connectivity index (χ2n) is 2.83. The van der Waals surface area contributed by atoms with Crippen LogP contribution in [0.1, 0.15) is 10.5 Å². The van der Waals surface area contributed by atoms with Crippen LogP contribution in [0.5, 0.6) is 0 Å². The normalized spacial score (nSPS) is 17.4. The summed E-state index contributed by atoms with van der Waals surface area (Å²) in [7, 11) is 0. The van der Waals surface area contributed by atoms with Crippen molar-refractivity contribution in [1.82, 2.24) is 20.5 Å². The topological polar surface area (TPSA) is 71.3 Å². The molecule has 2 heterocycles. The molecule has 0 spiro atoms. The molecule has 0 aromatic carbocycles. The third-order valence-electron chi connectivity index (χ3n) is 1.98. The minimum atomic E-state index is -0.109. The third-order valence-corrected chi connectivity index (χ3v) is 1.98. The standard InChI is InChI=1S/C7H10N4O2/c12-7(6-5-9-13-10-6)11-3-1-8-2-4-11/h5,8H,1-4H2. The van der Waals surface area contributed by atoms with Crippen molar-refractivity contribution in [2.24, 2.45) is 0 Å². The van der Waals surface area contributed by atoms with E-state index in [9.17, 15) is 4.79 Å². The first-order valence-corrected chi connectivity index (χ1v) is 4.15. The van der Waals surface area contributed by atoms with Gasteiger partial charge in [0, 0.05) is 26.2 Å². The lowest BCUT2D eigenvalue weighted by Gasteiger charge is -2.26. The summed E-state index contributed by atoms with van der Waals surface area (Å²) >= 11 is 0. The fraction of sp³-hybridized carbons (Fsp3) is 0.571. The largest absolute Gasteiger partial charge is 0.335 e. The molecule has 6 nitrogen and oxygen atoms in total. The van der Waals surface area contributed by atoms with Gasteiger partial charge in [-0.15, -0.1) is 0 Å². The maximum absolute atomic E-state index is 11.6. The molecule has 0 atom stereocenters. The Morgan fingerprint density at radius 3 is 2.92 bits per heavy atom. The quantitative estimate of drug-likeness (QED) is 0.610. The van der Waals surface area contributed by atoms with Gasteiger partial charge in [-0.3, -0.25) is 4.79 Å². The number of rotatable bonds is 1. The zero-order chi connectivity index (χ0) is 9.10. The van der Waals surface area contributed by atoms with Crippen molar-refractivity contribution in [3.05, 3.63) is 11.9 Å². The Labute approximate surface area is 74.9 Å². The van der Waals surface area contributed by atoms with Gasteiger partial charge in [0.1, 0.15) is 6.20 Å². The van der Waals surface area contributed by atoms with E-state index in [0.29, 0.717) is 13.1 Å². The van der Waals surface area contributed by atoms with Crippen LogP contribution in [0, 0.1) is 0 Å². The van der Waals surface area contributed by atoms with Gasteiger partial charge in [-0.1, -0.05) is 5.16 Å². The summed E-state index contributed by atoms with van der Waals surface area (Å²) in [4.78, 5) is 13.3. The monoisotopic (exact) mass is 182 g/mol. The Hall–Kier alpha value is -1.43. The number of amides is 1. The minimum Gasteiger partial charge on any atom is -0.335 e. The molecule has 1 aromatic heterocycles. The number of piperazine rings is 1. The lowest BCUT2D eigenvalue weighted by Crippen LogP contribution is -2.46. The van der Waals surface area contributed by atoms with Crippen molar-refractivity contribution < 1.29 is 9.42 Å². The maximum Gasteiger partial charge on any atom is 0.277 e. The van der Waals surface area contributed by atoms with Crippen LogP contribution in [0.2, 0.25) is 0 Å². The number of carbonyl (C=O) groups excluding carboxylic acids is 1. The molecule has 0 aliphatic carbocycles. The predicted molar refractivity (Wildman–Crippen MR) is 43.1 cm³/mol. The van der Waals surface area contributed by atoms with Crippen LogP contribution < -0.4 is 5.32 Å². The highest BCUT2D eigenvalue weighted by atomic mass is 16.6. The molecular formula is C7H10N4O2. The maximum atomic E-state index is 11.6. The fourth-order valence-corrected chi connectivity index (χ4v) is 1.29. The SMILES string of the molecule is O=C(c1cnon1)N1CCNCC1. The summed E-state index contributed by atoms with van der Waals surface area (Å²) in [5.74, 6) is -0.109. The van der Waals surface area contributed by atoms with Crippen LogP contribution in [0.3, 0.4) is 0 Å². The molecule has 1 aliphatic rings. The van der Waals surface area contributed by atoms with E-state index in [4.69, 9.17) is 0 Å². The summed E-state index contributed by atoms with van der Waals surface area (Å²) in [5.41, 5.74) is 0.280. The van der Waals surface area contributed by atoms with Crippen molar-refractivity contribution in [2.45, 2.75) is 0 Å². The molecule has 1 aromatic rings. The van der Waals surface area contributed by atoms with E-state index < -0.39 is 0 Å². The molecule has 0 bridgehead atoms. The summed E-state index contributed by atoms with van der Waals surface area (Å²) in [6, 6.07) is 0. The van der Waals surface area contributed by atoms with Crippen LogP contribution >= 0.6 is 0 Å². The summed E-state index contributed by atoms with van der Waals surface area (Å²) in [6.07, 6.45) is 1.34. The van der Waals surface area contributed by atoms with Gasteiger partial charge in [-0.05, 0) is 5.16 Å². The van der Waals surface area contributed by atoms with E-state index >= 15 is 0 Å². The highest BCUT2D eigenvalue weighted by Crippen LogP contribution is 2.01. The molecule has 1 saturated heterocycles. The van der Waals surface area contributed by atoms with Gasteiger partial charge < -0.3 is 10.2 Å². The second-order valence-corrected chi connectivity index (χ2v) is 2.83. The fourth-order valence-electron chi connectivity index (χ4n) is 1.29. The zero-order valence-electron chi connectivity index (χ0n) is 7.06. The van der Waals surface area contributed by atoms with Crippen LogP contribution in [-0.2, 0) is 0 Å². The Morgan fingerprint density at radius 2 is 2.31 bits per heavy atom. The number of nitrogens with zero attached hydrogens (tertiary/aromatic N) is 3.